The topological polar surface area (TPSA) is 49.7 Å². The molecule has 0 bridgehead atoms. The molecule has 1 amide bonds. The number of benzene rings is 1. The Morgan fingerprint density at radius 3 is 2.38 bits per heavy atom. The van der Waals surface area contributed by atoms with Crippen LogP contribution in [0.3, 0.4) is 0 Å². The number of amides is 1. The molecule has 1 aliphatic carbocycles. The van der Waals surface area contributed by atoms with Gasteiger partial charge in [-0.15, -0.1) is 5.70 Å². The number of rotatable bonds is 4. The van der Waals surface area contributed by atoms with Crippen molar-refractivity contribution in [2.45, 2.75) is 57.8 Å². The summed E-state index contributed by atoms with van der Waals surface area (Å²) in [6.07, 6.45) is 13.8. The van der Waals surface area contributed by atoms with Gasteiger partial charge in [-0.25, -0.2) is 0 Å². The first-order valence-electron chi connectivity index (χ1n) is 14.7. The molecule has 39 heavy (non-hydrogen) atoms. The van der Waals surface area contributed by atoms with Gasteiger partial charge in [0.05, 0.1) is 5.02 Å². The van der Waals surface area contributed by atoms with E-state index in [1.807, 2.05) is 12.3 Å². The fourth-order valence-corrected chi connectivity index (χ4v) is 8.43. The summed E-state index contributed by atoms with van der Waals surface area (Å²) in [5.41, 5.74) is 6.22. The SMILES string of the molecule is O=C(CC1CCNCC1)N1CCC(C2CCN(C3=C4[N-]C=C(Br)C=C4CCc4c3ccc(Cl)c4Br)CC2)CC1. The molecule has 1 aromatic carbocycles. The van der Waals surface area contributed by atoms with Crippen molar-refractivity contribution in [2.24, 2.45) is 17.8 Å². The van der Waals surface area contributed by atoms with E-state index < -0.39 is 0 Å². The third-order valence-electron chi connectivity index (χ3n) is 9.59. The number of hydrogen-bond acceptors (Lipinski definition) is 3. The number of nitrogens with zero attached hydrogens (tertiary/aromatic N) is 3. The second-order valence-electron chi connectivity index (χ2n) is 11.8. The van der Waals surface area contributed by atoms with Crippen LogP contribution < -0.4 is 5.32 Å². The molecule has 1 N–H and O–H groups in total. The predicted molar refractivity (Wildman–Crippen MR) is 167 cm³/mol. The Kier molecular flexibility index (Phi) is 8.79. The van der Waals surface area contributed by atoms with E-state index >= 15 is 0 Å². The molecule has 0 unspecified atom stereocenters. The molecular formula is C31H38Br2ClN4O-. The molecule has 4 heterocycles. The number of piperidine rings is 3. The highest BCUT2D eigenvalue weighted by Crippen LogP contribution is 2.46. The number of carbonyl (C=O) groups is 1. The van der Waals surface area contributed by atoms with Crippen molar-refractivity contribution >= 4 is 55.1 Å². The molecule has 0 spiro atoms. The second-order valence-corrected chi connectivity index (χ2v) is 14.0. The van der Waals surface area contributed by atoms with Crippen LogP contribution in [0.5, 0.6) is 0 Å². The highest BCUT2D eigenvalue weighted by molar-refractivity contribution is 9.12. The summed E-state index contributed by atoms with van der Waals surface area (Å²) in [5, 5.41) is 9.13. The largest absolute Gasteiger partial charge is 0.661 e. The first-order valence-corrected chi connectivity index (χ1v) is 16.7. The number of fused-ring (bicyclic) bond motifs is 2. The molecule has 8 heteroatoms. The highest BCUT2D eigenvalue weighted by atomic mass is 79.9. The maximum atomic E-state index is 12.9. The van der Waals surface area contributed by atoms with Gasteiger partial charge in [0, 0.05) is 48.3 Å². The monoisotopic (exact) mass is 675 g/mol. The maximum absolute atomic E-state index is 12.9. The minimum atomic E-state index is 0.391. The Balaban J connectivity index is 1.11. The van der Waals surface area contributed by atoms with Crippen molar-refractivity contribution in [1.29, 1.82) is 0 Å². The van der Waals surface area contributed by atoms with Gasteiger partial charge in [0.2, 0.25) is 5.91 Å². The van der Waals surface area contributed by atoms with E-state index in [-0.39, 0.29) is 0 Å². The van der Waals surface area contributed by atoms with Crippen LogP contribution in [0.4, 0.5) is 0 Å². The number of likely N-dealkylation sites (tertiary alicyclic amines) is 2. The maximum Gasteiger partial charge on any atom is 0.222 e. The molecule has 6 rings (SSSR count). The lowest BCUT2D eigenvalue weighted by atomic mass is 9.78. The third kappa shape index (κ3) is 6.02. The van der Waals surface area contributed by atoms with Gasteiger partial charge in [-0.1, -0.05) is 39.2 Å². The van der Waals surface area contributed by atoms with Crippen LogP contribution in [0.2, 0.25) is 5.02 Å². The van der Waals surface area contributed by atoms with E-state index in [0.717, 1.165) is 116 Å². The van der Waals surface area contributed by atoms with E-state index in [0.29, 0.717) is 11.8 Å². The lowest BCUT2D eigenvalue weighted by Crippen LogP contribution is -2.43. The standard InChI is InChI=1S/C31H38Br2ClN4O/c32-24-18-23-1-2-25-26(3-4-27(34)29(25)33)31(30(23)36-19-24)38-15-9-22(10-16-38)21-7-13-37(14-8-21)28(39)17-20-5-11-35-12-6-20/h3-4,18-22,35H,1-2,5-17H2/q-1. The van der Waals surface area contributed by atoms with E-state index in [2.05, 4.69) is 59.1 Å². The lowest BCUT2D eigenvalue weighted by molar-refractivity contribution is -0.134. The van der Waals surface area contributed by atoms with Crippen LogP contribution in [0.15, 0.2) is 44.6 Å². The van der Waals surface area contributed by atoms with Crippen molar-refractivity contribution in [2.75, 3.05) is 39.3 Å². The second kappa shape index (κ2) is 12.3. The number of halogens is 3. The van der Waals surface area contributed by atoms with Gasteiger partial charge in [0.1, 0.15) is 0 Å². The summed E-state index contributed by atoms with van der Waals surface area (Å²) in [6, 6.07) is 4.21. The average molecular weight is 678 g/mol. The van der Waals surface area contributed by atoms with Crippen molar-refractivity contribution in [3.05, 3.63) is 66.1 Å². The Hall–Kier alpha value is -1.28. The third-order valence-corrected chi connectivity index (χ3v) is 11.5. The molecule has 0 atom stereocenters. The molecule has 210 valence electrons. The van der Waals surface area contributed by atoms with Gasteiger partial charge in [0.25, 0.3) is 0 Å². The molecule has 0 radical (unpaired) electrons. The Labute approximate surface area is 254 Å². The van der Waals surface area contributed by atoms with Gasteiger partial charge in [-0.05, 0) is 120 Å². The van der Waals surface area contributed by atoms with Crippen LogP contribution in [0.25, 0.3) is 11.0 Å². The molecule has 0 aromatic heterocycles. The van der Waals surface area contributed by atoms with Gasteiger partial charge in [0.15, 0.2) is 0 Å². The molecular weight excluding hydrogens is 640 g/mol. The fraction of sp³-hybridized carbons (Fsp3) is 0.581. The van der Waals surface area contributed by atoms with E-state index in [1.54, 1.807) is 0 Å². The van der Waals surface area contributed by atoms with Crippen LogP contribution >= 0.6 is 43.5 Å². The summed E-state index contributed by atoms with van der Waals surface area (Å²) in [6.45, 7) is 6.11. The zero-order valence-corrected chi connectivity index (χ0v) is 26.5. The number of allylic oxidation sites excluding steroid dienone is 3. The first-order chi connectivity index (χ1) is 19.0. The van der Waals surface area contributed by atoms with Crippen LogP contribution in [-0.2, 0) is 11.2 Å². The van der Waals surface area contributed by atoms with Gasteiger partial charge in [-0.2, -0.15) is 6.20 Å². The summed E-state index contributed by atoms with van der Waals surface area (Å²) in [5.74, 6) is 2.44. The minimum Gasteiger partial charge on any atom is -0.661 e. The van der Waals surface area contributed by atoms with Gasteiger partial charge >= 0.3 is 0 Å². The smallest absolute Gasteiger partial charge is 0.222 e. The van der Waals surface area contributed by atoms with Crippen molar-refractivity contribution < 1.29 is 4.79 Å². The molecule has 0 saturated carbocycles. The van der Waals surface area contributed by atoms with E-state index in [1.165, 1.54) is 35.2 Å². The molecule has 5 aliphatic rings. The van der Waals surface area contributed by atoms with Crippen molar-refractivity contribution in [1.82, 2.24) is 15.1 Å². The molecule has 4 aliphatic heterocycles. The quantitative estimate of drug-likeness (QED) is 0.357. The fourth-order valence-electron chi connectivity index (χ4n) is 7.33. The van der Waals surface area contributed by atoms with Gasteiger partial charge < -0.3 is 20.4 Å². The minimum absolute atomic E-state index is 0.391. The van der Waals surface area contributed by atoms with Crippen molar-refractivity contribution in [3.63, 3.8) is 0 Å². The van der Waals surface area contributed by atoms with E-state index in [4.69, 9.17) is 16.9 Å². The summed E-state index contributed by atoms with van der Waals surface area (Å²) in [4.78, 5) is 17.7. The van der Waals surface area contributed by atoms with Crippen LogP contribution in [0, 0.1) is 17.8 Å². The average Bonchev–Trinajstić information content (AvgIpc) is 3.12. The number of carbonyl (C=O) groups excluding carboxylic acids is 1. The normalized spacial score (nSPS) is 23.5. The highest BCUT2D eigenvalue weighted by Gasteiger charge is 2.33. The first kappa shape index (κ1) is 27.9. The molecule has 3 saturated heterocycles. The zero-order chi connectivity index (χ0) is 26.9. The summed E-state index contributed by atoms with van der Waals surface area (Å²) < 4.78 is 2.05. The van der Waals surface area contributed by atoms with Gasteiger partial charge in [-0.3, -0.25) is 4.79 Å². The summed E-state index contributed by atoms with van der Waals surface area (Å²) in [7, 11) is 0. The molecule has 1 aromatic rings. The summed E-state index contributed by atoms with van der Waals surface area (Å²) >= 11 is 14.0. The zero-order valence-electron chi connectivity index (χ0n) is 22.5. The number of nitrogens with one attached hydrogen (secondary N) is 1. The van der Waals surface area contributed by atoms with E-state index in [9.17, 15) is 4.79 Å². The lowest BCUT2D eigenvalue weighted by Gasteiger charge is -2.44. The molecule has 5 nitrogen and oxygen atoms in total. The number of hydrogen-bond donors (Lipinski definition) is 1. The Morgan fingerprint density at radius 2 is 1.67 bits per heavy atom. The molecule has 3 fully saturated rings. The van der Waals surface area contributed by atoms with Crippen LogP contribution in [-0.4, -0.2) is 55.0 Å². The van der Waals surface area contributed by atoms with Crippen LogP contribution in [0.1, 0.15) is 62.5 Å². The Morgan fingerprint density at radius 1 is 0.974 bits per heavy atom. The predicted octanol–water partition coefficient (Wildman–Crippen LogP) is 7.61. The Bertz CT molecular complexity index is 1190. The van der Waals surface area contributed by atoms with Crippen molar-refractivity contribution in [3.8, 4) is 0 Å².